The number of sulfonamides is 1. The highest BCUT2D eigenvalue weighted by Gasteiger charge is 2.46. The molecule has 1 N–H and O–H groups in total. The number of rotatable bonds is 17. The van der Waals surface area contributed by atoms with Crippen molar-refractivity contribution in [2.45, 2.75) is 95.1 Å². The van der Waals surface area contributed by atoms with Crippen LogP contribution in [0, 0.1) is 12.3 Å². The van der Waals surface area contributed by atoms with Gasteiger partial charge in [0, 0.05) is 63.3 Å². The van der Waals surface area contributed by atoms with Crippen LogP contribution in [-0.2, 0) is 42.2 Å². The number of anilines is 1. The Balaban J connectivity index is 1.09. The molecule has 14 heteroatoms. The first-order chi connectivity index (χ1) is 30.8. The summed E-state index contributed by atoms with van der Waals surface area (Å²) < 4.78 is 60.5. The van der Waals surface area contributed by atoms with E-state index in [0.29, 0.717) is 45.6 Å². The highest BCUT2D eigenvalue weighted by atomic mass is 32.2. The predicted octanol–water partition coefficient (Wildman–Crippen LogP) is 7.70. The summed E-state index contributed by atoms with van der Waals surface area (Å²) >= 11 is 0. The first-order valence-electron chi connectivity index (χ1n) is 22.4. The fourth-order valence-corrected chi connectivity index (χ4v) is 10.7. The predicted molar refractivity (Wildman–Crippen MR) is 246 cm³/mol. The first kappa shape index (κ1) is 46.8. The highest BCUT2D eigenvalue weighted by Crippen LogP contribution is 2.42. The quantitative estimate of drug-likeness (QED) is 0.105. The van der Waals surface area contributed by atoms with E-state index < -0.39 is 27.6 Å². The number of nitrogens with zero attached hydrogens (tertiary/aromatic N) is 3. The molecule has 64 heavy (non-hydrogen) atoms. The van der Waals surface area contributed by atoms with Gasteiger partial charge in [-0.15, -0.1) is 0 Å². The third-order valence-corrected chi connectivity index (χ3v) is 14.7. The number of benzene rings is 4. The van der Waals surface area contributed by atoms with Gasteiger partial charge in [-0.25, -0.2) is 13.2 Å². The number of piperidine rings is 2. The van der Waals surface area contributed by atoms with E-state index in [1.165, 1.54) is 0 Å². The minimum atomic E-state index is -4.03. The summed E-state index contributed by atoms with van der Waals surface area (Å²) in [5.41, 5.74) is 3.89. The van der Waals surface area contributed by atoms with Gasteiger partial charge in [-0.1, -0.05) is 80.1 Å². The van der Waals surface area contributed by atoms with Crippen LogP contribution in [0.5, 0.6) is 11.5 Å². The van der Waals surface area contributed by atoms with Crippen LogP contribution in [0.25, 0.3) is 0 Å². The Hall–Kier alpha value is -5.15. The largest absolute Gasteiger partial charge is 0.497 e. The molecule has 0 bridgehead atoms. The van der Waals surface area contributed by atoms with Crippen molar-refractivity contribution in [1.82, 2.24) is 14.5 Å². The molecule has 344 valence electrons. The molecule has 2 amide bonds. The van der Waals surface area contributed by atoms with Crippen molar-refractivity contribution in [2.24, 2.45) is 5.41 Å². The Labute approximate surface area is 379 Å². The van der Waals surface area contributed by atoms with Gasteiger partial charge >= 0.3 is 6.09 Å². The molecule has 3 atom stereocenters. The number of hydrogen-bond donors (Lipinski definition) is 1. The number of hydrogen-bond acceptors (Lipinski definition) is 10. The van der Waals surface area contributed by atoms with Crippen molar-refractivity contribution in [3.63, 3.8) is 0 Å². The number of nitrogens with one attached hydrogen (secondary N) is 1. The van der Waals surface area contributed by atoms with E-state index in [2.05, 4.69) is 16.3 Å². The third kappa shape index (κ3) is 11.6. The molecule has 0 aliphatic carbocycles. The monoisotopic (exact) mass is 896 g/mol. The summed E-state index contributed by atoms with van der Waals surface area (Å²) in [7, 11) is -0.693. The van der Waals surface area contributed by atoms with E-state index in [-0.39, 0.29) is 55.0 Å². The standard InChI is InChI=1S/C50H64N4O9S/c1-36-12-19-43(20-13-36)64(57,58)54-33-47(62-35-38-14-21-46-45(30-38)52(27-29-61-46)24-9-28-59-4)44(39-15-17-42(60-5)18-16-39)31-41(54)32-50(2,3)48(55)51-40-22-25-53(26-23-40)49(56)63-34-37-10-7-6-8-11-37/h6-8,10-21,30,40-41,44,47H,9,22-29,31-35H2,1-5H3,(H,51,55)/t41-,44+,47-/m0/s1. The second-order valence-electron chi connectivity index (χ2n) is 17.9. The van der Waals surface area contributed by atoms with Crippen molar-refractivity contribution in [3.8, 4) is 11.5 Å². The maximum Gasteiger partial charge on any atom is 0.410 e. The number of carbonyl (C=O) groups excluding carboxylic acids is 2. The maximum atomic E-state index is 14.8. The summed E-state index contributed by atoms with van der Waals surface area (Å²) in [4.78, 5) is 31.3. The van der Waals surface area contributed by atoms with E-state index in [1.54, 1.807) is 35.6 Å². The zero-order chi connectivity index (χ0) is 45.3. The van der Waals surface area contributed by atoms with Gasteiger partial charge in [0.1, 0.15) is 24.7 Å². The molecule has 0 radical (unpaired) electrons. The molecule has 4 aromatic carbocycles. The fourth-order valence-electron chi connectivity index (χ4n) is 9.03. The van der Waals surface area contributed by atoms with Crippen LogP contribution in [0.15, 0.2) is 102 Å². The third-order valence-electron chi connectivity index (χ3n) is 12.8. The number of ether oxygens (including phenoxy) is 5. The Morgan fingerprint density at radius 2 is 1.61 bits per heavy atom. The molecule has 4 aromatic rings. The van der Waals surface area contributed by atoms with Crippen molar-refractivity contribution in [3.05, 3.63) is 119 Å². The molecule has 3 aliphatic rings. The van der Waals surface area contributed by atoms with Crippen LogP contribution in [0.2, 0.25) is 0 Å². The molecule has 0 aromatic heterocycles. The van der Waals surface area contributed by atoms with Crippen LogP contribution < -0.4 is 19.7 Å². The molecule has 2 fully saturated rings. The Bertz CT molecular complexity index is 2270. The molecular formula is C50H64N4O9S. The van der Waals surface area contributed by atoms with Crippen LogP contribution in [0.4, 0.5) is 10.5 Å². The van der Waals surface area contributed by atoms with Crippen LogP contribution in [0.1, 0.15) is 74.1 Å². The fraction of sp³-hybridized carbons (Fsp3) is 0.480. The van der Waals surface area contributed by atoms with E-state index in [0.717, 1.165) is 59.0 Å². The Morgan fingerprint density at radius 3 is 2.31 bits per heavy atom. The minimum Gasteiger partial charge on any atom is -0.497 e. The van der Waals surface area contributed by atoms with Crippen LogP contribution in [-0.4, -0.2) is 108 Å². The van der Waals surface area contributed by atoms with Crippen molar-refractivity contribution in [2.75, 3.05) is 65.1 Å². The molecule has 2 saturated heterocycles. The Kier molecular flexibility index (Phi) is 15.5. The maximum absolute atomic E-state index is 14.8. The lowest BCUT2D eigenvalue weighted by Gasteiger charge is -2.45. The number of amides is 2. The molecule has 3 aliphatic heterocycles. The van der Waals surface area contributed by atoms with E-state index in [9.17, 15) is 18.0 Å². The average molecular weight is 897 g/mol. The van der Waals surface area contributed by atoms with Gasteiger partial charge in [-0.05, 0) is 92.1 Å². The van der Waals surface area contributed by atoms with Gasteiger partial charge in [-0.2, -0.15) is 4.31 Å². The highest BCUT2D eigenvalue weighted by molar-refractivity contribution is 7.89. The SMILES string of the molecule is COCCCN1CCOc2ccc(CO[C@H]3CN(S(=O)(=O)c4ccc(C)cc4)[C@H](CC(C)(C)C(=O)NC4CCN(C(=O)OCc5ccccc5)CC4)C[C@@H]3c3ccc(OC)cc3)cc21. The smallest absolute Gasteiger partial charge is 0.410 e. The van der Waals surface area contributed by atoms with Gasteiger partial charge in [0.2, 0.25) is 15.9 Å². The molecule has 0 unspecified atom stereocenters. The van der Waals surface area contributed by atoms with E-state index in [4.69, 9.17) is 23.7 Å². The van der Waals surface area contributed by atoms with Gasteiger partial charge < -0.3 is 38.8 Å². The van der Waals surface area contributed by atoms with Crippen molar-refractivity contribution >= 4 is 27.7 Å². The molecule has 0 saturated carbocycles. The minimum absolute atomic E-state index is 0.0886. The zero-order valence-electron chi connectivity index (χ0n) is 37.9. The molecule has 0 spiro atoms. The number of fused-ring (bicyclic) bond motifs is 1. The summed E-state index contributed by atoms with van der Waals surface area (Å²) in [6.45, 7) is 10.1. The first-order valence-corrected chi connectivity index (χ1v) is 23.9. The molecular weight excluding hydrogens is 833 g/mol. The molecule has 13 nitrogen and oxygen atoms in total. The summed E-state index contributed by atoms with van der Waals surface area (Å²) in [6, 6.07) is 29.8. The number of likely N-dealkylation sites (tertiary alicyclic amines) is 1. The van der Waals surface area contributed by atoms with E-state index >= 15 is 0 Å². The lowest BCUT2D eigenvalue weighted by Crippen LogP contribution is -2.55. The van der Waals surface area contributed by atoms with Crippen molar-refractivity contribution < 1.29 is 41.7 Å². The second-order valence-corrected chi connectivity index (χ2v) is 19.7. The Morgan fingerprint density at radius 1 is 0.875 bits per heavy atom. The summed E-state index contributed by atoms with van der Waals surface area (Å²) in [6.07, 6.45) is 1.87. The van der Waals surface area contributed by atoms with Crippen molar-refractivity contribution in [1.29, 1.82) is 0 Å². The molecule has 7 rings (SSSR count). The lowest BCUT2D eigenvalue weighted by atomic mass is 9.77. The summed E-state index contributed by atoms with van der Waals surface area (Å²) in [5.74, 6) is 1.20. The van der Waals surface area contributed by atoms with Gasteiger partial charge in [0.15, 0.2) is 0 Å². The summed E-state index contributed by atoms with van der Waals surface area (Å²) in [5, 5.41) is 3.26. The zero-order valence-corrected chi connectivity index (χ0v) is 38.7. The van der Waals surface area contributed by atoms with Crippen LogP contribution in [0.3, 0.4) is 0 Å². The normalized spacial score (nSPS) is 19.7. The van der Waals surface area contributed by atoms with Crippen LogP contribution >= 0.6 is 0 Å². The van der Waals surface area contributed by atoms with E-state index in [1.807, 2.05) is 99.6 Å². The average Bonchev–Trinajstić information content (AvgIpc) is 3.31. The number of aryl methyl sites for hydroxylation is 1. The molecule has 3 heterocycles. The van der Waals surface area contributed by atoms with Gasteiger partial charge in [0.05, 0.1) is 36.9 Å². The lowest BCUT2D eigenvalue weighted by molar-refractivity contribution is -0.131. The van der Waals surface area contributed by atoms with Gasteiger partial charge in [-0.3, -0.25) is 4.79 Å². The number of carbonyl (C=O) groups is 2. The van der Waals surface area contributed by atoms with Gasteiger partial charge in [0.25, 0.3) is 0 Å². The number of methoxy groups -OCH3 is 2. The topological polar surface area (TPSA) is 136 Å². The second kappa shape index (κ2) is 21.2.